The van der Waals surface area contributed by atoms with Crippen LogP contribution in [0.1, 0.15) is 5.56 Å². The molecular weight excluding hydrogens is 292 g/mol. The second-order valence-electron chi connectivity index (χ2n) is 5.28. The van der Waals surface area contributed by atoms with Crippen LogP contribution in [-0.4, -0.2) is 18.8 Å². The number of benzene rings is 2. The van der Waals surface area contributed by atoms with E-state index in [4.69, 9.17) is 15.2 Å². The van der Waals surface area contributed by atoms with Gasteiger partial charge in [-0.05, 0) is 41.3 Å². The molecule has 5 nitrogen and oxygen atoms in total. The molecule has 1 aromatic heterocycles. The van der Waals surface area contributed by atoms with Gasteiger partial charge in [0.15, 0.2) is 11.5 Å². The van der Waals surface area contributed by atoms with Crippen molar-refractivity contribution < 1.29 is 9.47 Å². The predicted molar refractivity (Wildman–Crippen MR) is 91.3 cm³/mol. The van der Waals surface area contributed by atoms with Gasteiger partial charge in [-0.1, -0.05) is 12.1 Å². The molecule has 2 N–H and O–H groups in total. The standard InChI is InChI=1S/C18H18N2O3/c1-22-16-9-13-7-8-20(11-12-3-5-14(19)6-4-12)18(21)15(13)10-17(16)23-2/h3-10H,11,19H2,1-2H3. The summed E-state index contributed by atoms with van der Waals surface area (Å²) >= 11 is 0. The van der Waals surface area contributed by atoms with Gasteiger partial charge in [0.2, 0.25) is 0 Å². The summed E-state index contributed by atoms with van der Waals surface area (Å²) < 4.78 is 12.2. The minimum absolute atomic E-state index is 0.0692. The fourth-order valence-corrected chi connectivity index (χ4v) is 2.55. The third-order valence-corrected chi connectivity index (χ3v) is 3.81. The fourth-order valence-electron chi connectivity index (χ4n) is 2.55. The molecule has 0 aliphatic heterocycles. The summed E-state index contributed by atoms with van der Waals surface area (Å²) in [4.78, 5) is 12.7. The van der Waals surface area contributed by atoms with Gasteiger partial charge in [-0.3, -0.25) is 4.79 Å². The first-order chi connectivity index (χ1) is 11.1. The van der Waals surface area contributed by atoms with E-state index in [9.17, 15) is 4.79 Å². The average molecular weight is 310 g/mol. The number of pyridine rings is 1. The molecule has 0 atom stereocenters. The van der Waals surface area contributed by atoms with Crippen LogP contribution in [0.2, 0.25) is 0 Å². The van der Waals surface area contributed by atoms with Gasteiger partial charge in [0.1, 0.15) is 0 Å². The van der Waals surface area contributed by atoms with Crippen LogP contribution in [0.15, 0.2) is 53.5 Å². The van der Waals surface area contributed by atoms with Gasteiger partial charge in [0, 0.05) is 11.9 Å². The number of aromatic nitrogens is 1. The van der Waals surface area contributed by atoms with Gasteiger partial charge >= 0.3 is 0 Å². The monoisotopic (exact) mass is 310 g/mol. The number of fused-ring (bicyclic) bond motifs is 1. The summed E-state index contributed by atoms with van der Waals surface area (Å²) in [6, 6.07) is 12.9. The van der Waals surface area contributed by atoms with Crippen LogP contribution in [0.3, 0.4) is 0 Å². The Morgan fingerprint density at radius 3 is 2.30 bits per heavy atom. The zero-order chi connectivity index (χ0) is 16.4. The number of hydrogen-bond acceptors (Lipinski definition) is 4. The van der Waals surface area contributed by atoms with Crippen molar-refractivity contribution in [3.8, 4) is 11.5 Å². The van der Waals surface area contributed by atoms with Gasteiger partial charge in [0.05, 0.1) is 26.2 Å². The van der Waals surface area contributed by atoms with Crippen molar-refractivity contribution in [1.82, 2.24) is 4.57 Å². The lowest BCUT2D eigenvalue weighted by atomic mass is 10.1. The van der Waals surface area contributed by atoms with Crippen molar-refractivity contribution >= 4 is 16.5 Å². The van der Waals surface area contributed by atoms with Gasteiger partial charge in [0.25, 0.3) is 5.56 Å². The fraction of sp³-hybridized carbons (Fsp3) is 0.167. The molecule has 2 aromatic carbocycles. The summed E-state index contributed by atoms with van der Waals surface area (Å²) in [5, 5.41) is 1.42. The maximum absolute atomic E-state index is 12.7. The molecule has 0 aliphatic rings. The third-order valence-electron chi connectivity index (χ3n) is 3.81. The SMILES string of the molecule is COc1cc2ccn(Cc3ccc(N)cc3)c(=O)c2cc1OC. The summed E-state index contributed by atoms with van der Waals surface area (Å²) in [5.74, 6) is 1.15. The second-order valence-corrected chi connectivity index (χ2v) is 5.28. The number of anilines is 1. The smallest absolute Gasteiger partial charge is 0.258 e. The Kier molecular flexibility index (Phi) is 3.93. The van der Waals surface area contributed by atoms with Crippen molar-refractivity contribution in [2.45, 2.75) is 6.54 Å². The summed E-state index contributed by atoms with van der Waals surface area (Å²) in [6.07, 6.45) is 1.78. The lowest BCUT2D eigenvalue weighted by Gasteiger charge is -2.11. The molecule has 118 valence electrons. The van der Waals surface area contributed by atoms with Crippen LogP contribution in [0, 0.1) is 0 Å². The Morgan fingerprint density at radius 1 is 1.00 bits per heavy atom. The molecule has 0 radical (unpaired) electrons. The molecule has 5 heteroatoms. The van der Waals surface area contributed by atoms with Crippen molar-refractivity contribution in [1.29, 1.82) is 0 Å². The first-order valence-electron chi connectivity index (χ1n) is 7.22. The zero-order valence-electron chi connectivity index (χ0n) is 13.1. The predicted octanol–water partition coefficient (Wildman–Crippen LogP) is 2.65. The van der Waals surface area contributed by atoms with Gasteiger partial charge < -0.3 is 19.8 Å². The van der Waals surface area contributed by atoms with E-state index < -0.39 is 0 Å². The highest BCUT2D eigenvalue weighted by atomic mass is 16.5. The number of rotatable bonds is 4. The van der Waals surface area contributed by atoms with E-state index in [1.54, 1.807) is 31.0 Å². The molecule has 0 unspecified atom stereocenters. The average Bonchev–Trinajstić information content (AvgIpc) is 2.58. The second kappa shape index (κ2) is 6.04. The van der Waals surface area contributed by atoms with E-state index >= 15 is 0 Å². The van der Waals surface area contributed by atoms with Crippen LogP contribution in [0.4, 0.5) is 5.69 Å². The van der Waals surface area contributed by atoms with E-state index in [0.717, 1.165) is 10.9 Å². The quantitative estimate of drug-likeness (QED) is 0.752. The molecule has 0 fully saturated rings. The molecule has 3 aromatic rings. The topological polar surface area (TPSA) is 66.5 Å². The lowest BCUT2D eigenvalue weighted by Crippen LogP contribution is -2.20. The summed E-state index contributed by atoms with van der Waals surface area (Å²) in [5.41, 5.74) is 7.34. The van der Waals surface area contributed by atoms with Crippen LogP contribution in [-0.2, 0) is 6.54 Å². The summed E-state index contributed by atoms with van der Waals surface area (Å²) in [6.45, 7) is 0.489. The highest BCUT2D eigenvalue weighted by Gasteiger charge is 2.10. The number of nitrogens with zero attached hydrogens (tertiary/aromatic N) is 1. The van der Waals surface area contributed by atoms with E-state index in [1.165, 1.54) is 0 Å². The molecule has 3 rings (SSSR count). The largest absolute Gasteiger partial charge is 0.493 e. The molecule has 0 bridgehead atoms. The Morgan fingerprint density at radius 2 is 1.65 bits per heavy atom. The van der Waals surface area contributed by atoms with Crippen molar-refractivity contribution in [2.75, 3.05) is 20.0 Å². The highest BCUT2D eigenvalue weighted by molar-refractivity contribution is 5.85. The normalized spacial score (nSPS) is 10.7. The molecule has 0 amide bonds. The molecule has 0 saturated heterocycles. The van der Waals surface area contributed by atoms with E-state index in [1.807, 2.05) is 36.4 Å². The summed E-state index contributed by atoms with van der Waals surface area (Å²) in [7, 11) is 3.13. The highest BCUT2D eigenvalue weighted by Crippen LogP contribution is 2.30. The van der Waals surface area contributed by atoms with Crippen molar-refractivity contribution in [3.05, 3.63) is 64.6 Å². The first-order valence-corrected chi connectivity index (χ1v) is 7.22. The maximum atomic E-state index is 12.7. The maximum Gasteiger partial charge on any atom is 0.258 e. The van der Waals surface area contributed by atoms with Crippen molar-refractivity contribution in [2.24, 2.45) is 0 Å². The Bertz CT molecular complexity index is 899. The van der Waals surface area contributed by atoms with Gasteiger partial charge in [-0.15, -0.1) is 0 Å². The molecule has 0 spiro atoms. The van der Waals surface area contributed by atoms with Crippen LogP contribution < -0.4 is 20.8 Å². The third kappa shape index (κ3) is 2.85. The van der Waals surface area contributed by atoms with E-state index in [-0.39, 0.29) is 5.56 Å². The number of nitrogen functional groups attached to an aromatic ring is 1. The molecule has 0 saturated carbocycles. The van der Waals surface area contributed by atoms with Crippen LogP contribution >= 0.6 is 0 Å². The Hall–Kier alpha value is -2.95. The van der Waals surface area contributed by atoms with E-state index in [0.29, 0.717) is 29.1 Å². The Labute approximate surface area is 133 Å². The lowest BCUT2D eigenvalue weighted by molar-refractivity contribution is 0.356. The van der Waals surface area contributed by atoms with Crippen LogP contribution in [0.25, 0.3) is 10.8 Å². The first kappa shape index (κ1) is 15.0. The molecule has 0 aliphatic carbocycles. The Balaban J connectivity index is 2.07. The van der Waals surface area contributed by atoms with E-state index in [2.05, 4.69) is 0 Å². The van der Waals surface area contributed by atoms with Crippen LogP contribution in [0.5, 0.6) is 11.5 Å². The number of ether oxygens (including phenoxy) is 2. The molecule has 23 heavy (non-hydrogen) atoms. The number of nitrogens with two attached hydrogens (primary N) is 1. The minimum Gasteiger partial charge on any atom is -0.493 e. The van der Waals surface area contributed by atoms with Gasteiger partial charge in [-0.2, -0.15) is 0 Å². The van der Waals surface area contributed by atoms with Gasteiger partial charge in [-0.25, -0.2) is 0 Å². The molecular formula is C18H18N2O3. The minimum atomic E-state index is -0.0692. The zero-order valence-corrected chi connectivity index (χ0v) is 13.1. The molecule has 1 heterocycles. The van der Waals surface area contributed by atoms with Crippen molar-refractivity contribution in [3.63, 3.8) is 0 Å². The number of methoxy groups -OCH3 is 2. The number of hydrogen-bond donors (Lipinski definition) is 1.